The zero-order valence-electron chi connectivity index (χ0n) is 12.3. The number of aliphatic carboxylic acids is 1. The lowest BCUT2D eigenvalue weighted by Crippen LogP contribution is -2.17. The Bertz CT molecular complexity index is 687. The van der Waals surface area contributed by atoms with Crippen LogP contribution in [-0.2, 0) is 26.6 Å². The fourth-order valence-electron chi connectivity index (χ4n) is 2.34. The van der Waals surface area contributed by atoms with Gasteiger partial charge in [-0.3, -0.25) is 0 Å². The number of aryl methyl sites for hydroxylation is 1. The molecule has 1 aromatic rings. The molecule has 2 aliphatic heterocycles. The van der Waals surface area contributed by atoms with Gasteiger partial charge in [0.1, 0.15) is 11.5 Å². The van der Waals surface area contributed by atoms with Gasteiger partial charge in [0.2, 0.25) is 0 Å². The molecule has 0 aromatic carbocycles. The first-order valence-corrected chi connectivity index (χ1v) is 8.97. The van der Waals surface area contributed by atoms with E-state index in [9.17, 15) is 9.59 Å². The lowest BCUT2D eigenvalue weighted by atomic mass is 10.1. The average Bonchev–Trinajstić information content (AvgIpc) is 2.85. The Labute approximate surface area is 141 Å². The van der Waals surface area contributed by atoms with Crippen LogP contribution in [0.5, 0.6) is 0 Å². The third kappa shape index (κ3) is 3.25. The third-order valence-corrected chi connectivity index (χ3v) is 5.57. The van der Waals surface area contributed by atoms with Crippen molar-refractivity contribution in [1.29, 1.82) is 0 Å². The maximum absolute atomic E-state index is 12.1. The number of hydrogen-bond donors (Lipinski definition) is 2. The third-order valence-electron chi connectivity index (χ3n) is 3.49. The molecule has 0 radical (unpaired) electrons. The Morgan fingerprint density at radius 3 is 3.04 bits per heavy atom. The van der Waals surface area contributed by atoms with E-state index in [1.807, 2.05) is 18.0 Å². The number of methoxy groups -OCH3 is 1. The first kappa shape index (κ1) is 16.0. The number of rotatable bonds is 3. The second kappa shape index (κ2) is 6.71. The SMILES string of the molecule is COC(=O)C1=CNC(C(=O)O)=CSC1c1cn2c(n1)CSCC2. The number of carboxylic acid groups (broad SMARTS) is 1. The molecule has 3 heterocycles. The number of nitrogens with zero attached hydrogens (tertiary/aromatic N) is 2. The van der Waals surface area contributed by atoms with Crippen molar-refractivity contribution in [1.82, 2.24) is 14.9 Å². The molecule has 0 bridgehead atoms. The fourth-order valence-corrected chi connectivity index (χ4v) is 4.23. The summed E-state index contributed by atoms with van der Waals surface area (Å²) in [7, 11) is 1.30. The van der Waals surface area contributed by atoms with Crippen LogP contribution < -0.4 is 5.32 Å². The minimum atomic E-state index is -1.08. The van der Waals surface area contributed by atoms with Gasteiger partial charge in [0, 0.05) is 30.1 Å². The molecular weight excluding hydrogens is 338 g/mol. The molecule has 9 heteroatoms. The van der Waals surface area contributed by atoms with Crippen molar-refractivity contribution >= 4 is 35.5 Å². The van der Waals surface area contributed by atoms with Crippen LogP contribution in [0.4, 0.5) is 0 Å². The van der Waals surface area contributed by atoms with Gasteiger partial charge in [0.15, 0.2) is 0 Å². The van der Waals surface area contributed by atoms with Crippen LogP contribution in [0.2, 0.25) is 0 Å². The van der Waals surface area contributed by atoms with Crippen LogP contribution >= 0.6 is 23.5 Å². The number of aromatic nitrogens is 2. The van der Waals surface area contributed by atoms with Gasteiger partial charge < -0.3 is 19.7 Å². The second-order valence-electron chi connectivity index (χ2n) is 4.92. The summed E-state index contributed by atoms with van der Waals surface area (Å²) in [5, 5.41) is 12.9. The summed E-state index contributed by atoms with van der Waals surface area (Å²) in [6.07, 6.45) is 3.33. The van der Waals surface area contributed by atoms with Gasteiger partial charge in [-0.2, -0.15) is 11.8 Å². The molecule has 1 unspecified atom stereocenters. The Hall–Kier alpha value is -1.87. The molecule has 0 spiro atoms. The highest BCUT2D eigenvalue weighted by atomic mass is 32.2. The van der Waals surface area contributed by atoms with E-state index in [1.165, 1.54) is 30.5 Å². The monoisotopic (exact) mass is 353 g/mol. The number of imidazole rings is 1. The van der Waals surface area contributed by atoms with E-state index in [4.69, 9.17) is 9.84 Å². The average molecular weight is 353 g/mol. The van der Waals surface area contributed by atoms with Crippen LogP contribution in [-0.4, -0.2) is 39.5 Å². The number of thioether (sulfide) groups is 2. The van der Waals surface area contributed by atoms with Crippen molar-refractivity contribution < 1.29 is 19.4 Å². The molecular formula is C14H15N3O4S2. The number of ether oxygens (including phenoxy) is 1. The Morgan fingerprint density at radius 1 is 1.52 bits per heavy atom. The molecule has 122 valence electrons. The molecule has 1 atom stereocenters. The van der Waals surface area contributed by atoms with Crippen molar-refractivity contribution in [3.8, 4) is 0 Å². The number of carbonyl (C=O) groups excluding carboxylic acids is 1. The predicted molar refractivity (Wildman–Crippen MR) is 87.7 cm³/mol. The normalized spacial score (nSPS) is 20.5. The highest BCUT2D eigenvalue weighted by Crippen LogP contribution is 2.39. The van der Waals surface area contributed by atoms with E-state index in [2.05, 4.69) is 14.9 Å². The summed E-state index contributed by atoms with van der Waals surface area (Å²) >= 11 is 3.05. The summed E-state index contributed by atoms with van der Waals surface area (Å²) in [6.45, 7) is 0.885. The molecule has 3 rings (SSSR count). The highest BCUT2D eigenvalue weighted by Gasteiger charge is 2.29. The maximum atomic E-state index is 12.1. The zero-order valence-corrected chi connectivity index (χ0v) is 13.9. The van der Waals surface area contributed by atoms with Crippen molar-refractivity contribution in [2.45, 2.75) is 17.5 Å². The molecule has 0 fully saturated rings. The Kier molecular flexibility index (Phi) is 4.67. The zero-order chi connectivity index (χ0) is 16.4. The molecule has 0 amide bonds. The van der Waals surface area contributed by atoms with Crippen molar-refractivity contribution in [3.05, 3.63) is 40.6 Å². The summed E-state index contributed by atoms with van der Waals surface area (Å²) in [5.41, 5.74) is 1.08. The summed E-state index contributed by atoms with van der Waals surface area (Å²) in [4.78, 5) is 27.8. The summed E-state index contributed by atoms with van der Waals surface area (Å²) in [5.74, 6) is 1.25. The minimum absolute atomic E-state index is 0.0124. The van der Waals surface area contributed by atoms with E-state index in [0.29, 0.717) is 5.57 Å². The maximum Gasteiger partial charge on any atom is 0.352 e. The standard InChI is InChI=1S/C14H15N3O4S2/c1-21-14(20)8-4-15-10(13(18)19)6-23-12(8)9-5-17-2-3-22-7-11(17)16-9/h4-6,12,15H,2-3,7H2,1H3,(H,18,19). The number of nitrogens with one attached hydrogen (secondary N) is 1. The molecule has 7 nitrogen and oxygen atoms in total. The highest BCUT2D eigenvalue weighted by molar-refractivity contribution is 8.02. The van der Waals surface area contributed by atoms with Gasteiger partial charge in [-0.15, -0.1) is 11.8 Å². The lowest BCUT2D eigenvalue weighted by Gasteiger charge is -2.13. The Balaban J connectivity index is 1.97. The van der Waals surface area contributed by atoms with Crippen LogP contribution in [0.3, 0.4) is 0 Å². The van der Waals surface area contributed by atoms with Gasteiger partial charge in [-0.05, 0) is 0 Å². The van der Waals surface area contributed by atoms with E-state index in [-0.39, 0.29) is 5.70 Å². The molecule has 0 saturated heterocycles. The van der Waals surface area contributed by atoms with Gasteiger partial charge in [-0.1, -0.05) is 0 Å². The molecule has 0 saturated carbocycles. The number of carbonyl (C=O) groups is 2. The number of carboxylic acids is 1. The topological polar surface area (TPSA) is 93.5 Å². The summed E-state index contributed by atoms with van der Waals surface area (Å²) in [6, 6.07) is 0. The molecule has 0 aliphatic carbocycles. The Morgan fingerprint density at radius 2 is 2.35 bits per heavy atom. The van der Waals surface area contributed by atoms with Crippen LogP contribution in [0.1, 0.15) is 16.8 Å². The molecule has 23 heavy (non-hydrogen) atoms. The van der Waals surface area contributed by atoms with Crippen LogP contribution in [0.25, 0.3) is 0 Å². The van der Waals surface area contributed by atoms with Gasteiger partial charge in [-0.25, -0.2) is 14.6 Å². The summed E-state index contributed by atoms with van der Waals surface area (Å²) < 4.78 is 6.91. The molecule has 1 aromatic heterocycles. The number of esters is 1. The van der Waals surface area contributed by atoms with Gasteiger partial charge in [0.25, 0.3) is 0 Å². The van der Waals surface area contributed by atoms with E-state index < -0.39 is 17.2 Å². The van der Waals surface area contributed by atoms with Gasteiger partial charge >= 0.3 is 11.9 Å². The van der Waals surface area contributed by atoms with E-state index in [0.717, 1.165) is 29.6 Å². The van der Waals surface area contributed by atoms with Crippen LogP contribution in [0, 0.1) is 0 Å². The fraction of sp³-hybridized carbons (Fsp3) is 0.357. The second-order valence-corrected chi connectivity index (χ2v) is 7.00. The number of hydrogen-bond acceptors (Lipinski definition) is 7. The molecule has 2 aliphatic rings. The van der Waals surface area contributed by atoms with Crippen LogP contribution in [0.15, 0.2) is 29.1 Å². The first-order chi connectivity index (χ1) is 11.1. The quantitative estimate of drug-likeness (QED) is 0.790. The number of fused-ring (bicyclic) bond motifs is 1. The smallest absolute Gasteiger partial charge is 0.352 e. The largest absolute Gasteiger partial charge is 0.477 e. The minimum Gasteiger partial charge on any atom is -0.477 e. The van der Waals surface area contributed by atoms with Crippen molar-refractivity contribution in [3.63, 3.8) is 0 Å². The molecule has 2 N–H and O–H groups in total. The van der Waals surface area contributed by atoms with Gasteiger partial charge in [0.05, 0.1) is 29.4 Å². The first-order valence-electron chi connectivity index (χ1n) is 6.87. The van der Waals surface area contributed by atoms with E-state index in [1.54, 1.807) is 0 Å². The predicted octanol–water partition coefficient (Wildman–Crippen LogP) is 1.49. The van der Waals surface area contributed by atoms with Crippen molar-refractivity contribution in [2.24, 2.45) is 0 Å². The lowest BCUT2D eigenvalue weighted by molar-refractivity contribution is -0.136. The van der Waals surface area contributed by atoms with E-state index >= 15 is 0 Å². The van der Waals surface area contributed by atoms with Crippen molar-refractivity contribution in [2.75, 3.05) is 12.9 Å².